The van der Waals surface area contributed by atoms with E-state index in [1.807, 2.05) is 12.4 Å². The first kappa shape index (κ1) is 12.9. The molecule has 2 aromatic rings. The van der Waals surface area contributed by atoms with Crippen LogP contribution in [-0.2, 0) is 13.0 Å². The molecule has 0 radical (unpaired) electrons. The van der Waals surface area contributed by atoms with Crippen molar-refractivity contribution in [2.45, 2.75) is 26.3 Å². The number of aliphatic hydroxyl groups is 1. The van der Waals surface area contributed by atoms with E-state index in [-0.39, 0.29) is 6.61 Å². The van der Waals surface area contributed by atoms with E-state index in [0.717, 1.165) is 24.4 Å². The van der Waals surface area contributed by atoms with Crippen LogP contribution in [-0.4, -0.2) is 21.3 Å². The number of aryl methyl sites for hydroxylation is 1. The minimum absolute atomic E-state index is 0.124. The first-order valence-corrected chi connectivity index (χ1v) is 6.88. The van der Waals surface area contributed by atoms with Gasteiger partial charge in [0.2, 0.25) is 0 Å². The fourth-order valence-electron chi connectivity index (χ4n) is 1.72. The summed E-state index contributed by atoms with van der Waals surface area (Å²) in [7, 11) is 0. The van der Waals surface area contributed by atoms with E-state index in [2.05, 4.69) is 39.8 Å². The SMILES string of the molecule is CCc1nccn1Cc1cc(C#CCCO)cs1. The van der Waals surface area contributed by atoms with Gasteiger partial charge in [-0.1, -0.05) is 18.8 Å². The third-order valence-electron chi connectivity index (χ3n) is 2.57. The van der Waals surface area contributed by atoms with Crippen LogP contribution < -0.4 is 0 Å². The molecule has 0 aromatic carbocycles. The molecule has 0 aliphatic carbocycles. The quantitative estimate of drug-likeness (QED) is 0.857. The molecule has 18 heavy (non-hydrogen) atoms. The molecule has 0 amide bonds. The van der Waals surface area contributed by atoms with Crippen LogP contribution in [0.4, 0.5) is 0 Å². The number of aromatic nitrogens is 2. The highest BCUT2D eigenvalue weighted by Crippen LogP contribution is 2.16. The summed E-state index contributed by atoms with van der Waals surface area (Å²) in [4.78, 5) is 5.58. The molecule has 4 heteroatoms. The maximum Gasteiger partial charge on any atom is 0.108 e. The van der Waals surface area contributed by atoms with E-state index in [4.69, 9.17) is 5.11 Å². The van der Waals surface area contributed by atoms with Gasteiger partial charge in [-0.2, -0.15) is 0 Å². The van der Waals surface area contributed by atoms with E-state index in [9.17, 15) is 0 Å². The van der Waals surface area contributed by atoms with Gasteiger partial charge in [-0.05, 0) is 6.07 Å². The predicted octanol–water partition coefficient (Wildman–Crippen LogP) is 2.29. The van der Waals surface area contributed by atoms with Crippen molar-refractivity contribution >= 4 is 11.3 Å². The van der Waals surface area contributed by atoms with Crippen molar-refractivity contribution in [2.24, 2.45) is 0 Å². The number of aliphatic hydroxyl groups excluding tert-OH is 1. The summed E-state index contributed by atoms with van der Waals surface area (Å²) in [6, 6.07) is 2.11. The number of thiophene rings is 1. The summed E-state index contributed by atoms with van der Waals surface area (Å²) in [6.45, 7) is 3.09. The number of hydrogen-bond acceptors (Lipinski definition) is 3. The van der Waals surface area contributed by atoms with Crippen LogP contribution in [0.2, 0.25) is 0 Å². The fourth-order valence-corrected chi connectivity index (χ4v) is 2.53. The molecule has 0 fully saturated rings. The second kappa shape index (κ2) is 6.39. The Kier molecular flexibility index (Phi) is 4.57. The van der Waals surface area contributed by atoms with Crippen LogP contribution in [0.5, 0.6) is 0 Å². The molecule has 2 heterocycles. The molecule has 0 aliphatic rings. The van der Waals surface area contributed by atoms with Crippen LogP contribution >= 0.6 is 11.3 Å². The highest BCUT2D eigenvalue weighted by Gasteiger charge is 2.03. The maximum atomic E-state index is 8.67. The van der Waals surface area contributed by atoms with Crippen LogP contribution in [0.1, 0.15) is 29.6 Å². The molecular weight excluding hydrogens is 244 g/mol. The average Bonchev–Trinajstić information content (AvgIpc) is 2.99. The van der Waals surface area contributed by atoms with Gasteiger partial charge >= 0.3 is 0 Å². The molecule has 0 atom stereocenters. The lowest BCUT2D eigenvalue weighted by Gasteiger charge is -2.03. The van der Waals surface area contributed by atoms with Crippen molar-refractivity contribution in [3.05, 3.63) is 40.1 Å². The smallest absolute Gasteiger partial charge is 0.108 e. The molecule has 1 N–H and O–H groups in total. The summed E-state index contributed by atoms with van der Waals surface area (Å²) in [6.07, 6.45) is 5.33. The standard InChI is InChI=1S/C14H16N2OS/c1-2-14-15-6-7-16(14)10-13-9-12(11-18-13)5-3-4-8-17/h6-7,9,11,17H,2,4,8,10H2,1H3. The molecule has 0 aliphatic heterocycles. The Morgan fingerprint density at radius 1 is 1.50 bits per heavy atom. The lowest BCUT2D eigenvalue weighted by molar-refractivity contribution is 0.305. The largest absolute Gasteiger partial charge is 0.395 e. The molecule has 0 spiro atoms. The number of imidazole rings is 1. The van der Waals surface area contributed by atoms with Crippen molar-refractivity contribution in [3.63, 3.8) is 0 Å². The van der Waals surface area contributed by atoms with Gasteiger partial charge in [0.05, 0.1) is 13.2 Å². The first-order valence-electron chi connectivity index (χ1n) is 6.00. The Balaban J connectivity index is 2.05. The number of hydrogen-bond donors (Lipinski definition) is 1. The van der Waals surface area contributed by atoms with Crippen LogP contribution in [0.3, 0.4) is 0 Å². The molecule has 2 rings (SSSR count). The van der Waals surface area contributed by atoms with Crippen molar-refractivity contribution in [3.8, 4) is 11.8 Å². The van der Waals surface area contributed by atoms with Gasteiger partial charge in [-0.15, -0.1) is 11.3 Å². The van der Waals surface area contributed by atoms with Crippen molar-refractivity contribution in [1.29, 1.82) is 0 Å². The van der Waals surface area contributed by atoms with Crippen molar-refractivity contribution in [2.75, 3.05) is 6.61 Å². The average molecular weight is 260 g/mol. The number of nitrogens with zero attached hydrogens (tertiary/aromatic N) is 2. The second-order valence-electron chi connectivity index (χ2n) is 3.90. The van der Waals surface area contributed by atoms with Gasteiger partial charge in [-0.25, -0.2) is 4.98 Å². The molecule has 0 saturated heterocycles. The van der Waals surface area contributed by atoms with Crippen LogP contribution in [0.15, 0.2) is 23.8 Å². The topological polar surface area (TPSA) is 38.0 Å². The van der Waals surface area contributed by atoms with Crippen molar-refractivity contribution < 1.29 is 5.11 Å². The van der Waals surface area contributed by atoms with E-state index < -0.39 is 0 Å². The lowest BCUT2D eigenvalue weighted by Crippen LogP contribution is -2.01. The molecule has 3 nitrogen and oxygen atoms in total. The van der Waals surface area contributed by atoms with Crippen molar-refractivity contribution in [1.82, 2.24) is 9.55 Å². The normalized spacial score (nSPS) is 10.1. The maximum absolute atomic E-state index is 8.67. The summed E-state index contributed by atoms with van der Waals surface area (Å²) in [5, 5.41) is 10.7. The highest BCUT2D eigenvalue weighted by atomic mass is 32.1. The fraction of sp³-hybridized carbons (Fsp3) is 0.357. The molecule has 94 valence electrons. The highest BCUT2D eigenvalue weighted by molar-refractivity contribution is 7.10. The summed E-state index contributed by atoms with van der Waals surface area (Å²) in [5.41, 5.74) is 1.03. The molecule has 0 unspecified atom stereocenters. The van der Waals surface area contributed by atoms with Gasteiger partial charge in [0.25, 0.3) is 0 Å². The van der Waals surface area contributed by atoms with E-state index >= 15 is 0 Å². The summed E-state index contributed by atoms with van der Waals surface area (Å²) in [5.74, 6) is 7.09. The van der Waals surface area contributed by atoms with E-state index in [1.54, 1.807) is 11.3 Å². The van der Waals surface area contributed by atoms with Gasteiger partial charge < -0.3 is 9.67 Å². The van der Waals surface area contributed by atoms with Gasteiger partial charge in [0.1, 0.15) is 5.82 Å². The van der Waals surface area contributed by atoms with E-state index in [0.29, 0.717) is 6.42 Å². The summed E-state index contributed by atoms with van der Waals surface area (Å²) >= 11 is 1.71. The number of rotatable bonds is 4. The zero-order valence-electron chi connectivity index (χ0n) is 10.4. The molecule has 0 saturated carbocycles. The zero-order valence-corrected chi connectivity index (χ0v) is 11.2. The van der Waals surface area contributed by atoms with E-state index in [1.165, 1.54) is 4.88 Å². The molecule has 0 bridgehead atoms. The predicted molar refractivity (Wildman–Crippen MR) is 73.6 cm³/mol. The van der Waals surface area contributed by atoms with Gasteiger partial charge in [-0.3, -0.25) is 0 Å². The molecular formula is C14H16N2OS. The monoisotopic (exact) mass is 260 g/mol. The Hall–Kier alpha value is -1.57. The van der Waals surface area contributed by atoms with Crippen LogP contribution in [0.25, 0.3) is 0 Å². The Labute approximate surface area is 111 Å². The minimum atomic E-state index is 0.124. The zero-order chi connectivity index (χ0) is 12.8. The lowest BCUT2D eigenvalue weighted by atomic mass is 10.3. The third kappa shape index (κ3) is 3.22. The molecule has 2 aromatic heterocycles. The Bertz CT molecular complexity index is 560. The Morgan fingerprint density at radius 2 is 2.39 bits per heavy atom. The Morgan fingerprint density at radius 3 is 3.17 bits per heavy atom. The first-order chi connectivity index (χ1) is 8.83. The van der Waals surface area contributed by atoms with Gasteiger partial charge in [0.15, 0.2) is 0 Å². The second-order valence-corrected chi connectivity index (χ2v) is 4.90. The minimum Gasteiger partial charge on any atom is -0.395 e. The summed E-state index contributed by atoms with van der Waals surface area (Å²) < 4.78 is 2.16. The third-order valence-corrected chi connectivity index (χ3v) is 3.49. The van der Waals surface area contributed by atoms with Crippen LogP contribution in [0, 0.1) is 11.8 Å². The van der Waals surface area contributed by atoms with Gasteiger partial charge in [0, 0.05) is 41.1 Å².